The zero-order valence-electron chi connectivity index (χ0n) is 9.25. The number of phenolic OH excluding ortho intramolecular Hbond substituents is 1. The molecule has 0 saturated heterocycles. The van der Waals surface area contributed by atoms with Gasteiger partial charge in [-0.2, -0.15) is 0 Å². The topological polar surface area (TPSA) is 118 Å². The molecule has 1 aliphatic rings. The van der Waals surface area contributed by atoms with Crippen molar-refractivity contribution < 1.29 is 10.2 Å². The van der Waals surface area contributed by atoms with Gasteiger partial charge in [-0.15, -0.1) is 10.2 Å². The van der Waals surface area contributed by atoms with Crippen LogP contribution in [0.2, 0.25) is 0 Å². The number of azo groups is 1. The second kappa shape index (κ2) is 4.02. The highest BCUT2D eigenvalue weighted by Gasteiger charge is 2.26. The van der Waals surface area contributed by atoms with Crippen molar-refractivity contribution in [3.05, 3.63) is 17.7 Å². The number of nitrogens with one attached hydrogen (secondary N) is 1. The first-order valence-corrected chi connectivity index (χ1v) is 5.01. The molecule has 17 heavy (non-hydrogen) atoms. The summed E-state index contributed by atoms with van der Waals surface area (Å²) >= 11 is 0. The largest absolute Gasteiger partial charge is 0.506 e. The number of nitrogens with two attached hydrogens (primary N) is 1. The van der Waals surface area contributed by atoms with Crippen molar-refractivity contribution in [2.75, 3.05) is 18.5 Å². The average Bonchev–Trinajstić information content (AvgIpc) is 2.51. The molecule has 0 bridgehead atoms. The van der Waals surface area contributed by atoms with Crippen molar-refractivity contribution in [3.63, 3.8) is 0 Å². The highest BCUT2D eigenvalue weighted by Crippen LogP contribution is 2.41. The summed E-state index contributed by atoms with van der Waals surface area (Å²) in [6, 6.07) is 3.06. The van der Waals surface area contributed by atoms with Crippen LogP contribution in [0.5, 0.6) is 5.75 Å². The van der Waals surface area contributed by atoms with Crippen LogP contribution in [-0.4, -0.2) is 29.8 Å². The SMILES string of the molecule is CN1C[C@H](O)c2cc(N=NC(=N)N)c(O)cc21. The fourth-order valence-electron chi connectivity index (χ4n) is 1.82. The van der Waals surface area contributed by atoms with Crippen molar-refractivity contribution in [2.24, 2.45) is 16.0 Å². The van der Waals surface area contributed by atoms with Gasteiger partial charge in [-0.1, -0.05) is 0 Å². The summed E-state index contributed by atoms with van der Waals surface area (Å²) in [5.41, 5.74) is 6.67. The predicted octanol–water partition coefficient (Wildman–Crippen LogP) is 0.853. The smallest absolute Gasteiger partial charge is 0.232 e. The Balaban J connectivity index is 2.44. The summed E-state index contributed by atoms with van der Waals surface area (Å²) < 4.78 is 0. The van der Waals surface area contributed by atoms with Crippen molar-refractivity contribution in [3.8, 4) is 5.75 Å². The number of hydrogen-bond acceptors (Lipinski definition) is 5. The Morgan fingerprint density at radius 1 is 1.59 bits per heavy atom. The van der Waals surface area contributed by atoms with Gasteiger partial charge in [-0.3, -0.25) is 5.41 Å². The lowest BCUT2D eigenvalue weighted by molar-refractivity contribution is 0.195. The molecule has 90 valence electrons. The minimum atomic E-state index is -0.609. The van der Waals surface area contributed by atoms with E-state index in [1.165, 1.54) is 6.07 Å². The first-order chi connectivity index (χ1) is 7.99. The van der Waals surface area contributed by atoms with Crippen LogP contribution in [0, 0.1) is 5.41 Å². The Labute approximate surface area is 97.7 Å². The number of anilines is 1. The Morgan fingerprint density at radius 2 is 2.29 bits per heavy atom. The molecular formula is C10H13N5O2. The number of guanidine groups is 1. The standard InChI is InChI=1S/C10H13N5O2/c1-15-4-9(17)5-2-6(13-14-10(11)12)8(16)3-7(5)15/h2-3,9,16-17H,4H2,1H3,(H3,11,12)/t9-/m0/s1. The molecule has 0 unspecified atom stereocenters. The number of rotatable bonds is 1. The van der Waals surface area contributed by atoms with Crippen LogP contribution in [0.4, 0.5) is 11.4 Å². The van der Waals surface area contributed by atoms with Gasteiger partial charge < -0.3 is 20.8 Å². The third-order valence-electron chi connectivity index (χ3n) is 2.61. The lowest BCUT2D eigenvalue weighted by Gasteiger charge is -2.11. The van der Waals surface area contributed by atoms with Crippen LogP contribution < -0.4 is 10.6 Å². The summed E-state index contributed by atoms with van der Waals surface area (Å²) in [7, 11) is 1.82. The van der Waals surface area contributed by atoms with Gasteiger partial charge in [-0.25, -0.2) is 0 Å². The van der Waals surface area contributed by atoms with Crippen LogP contribution in [0.15, 0.2) is 22.4 Å². The minimum Gasteiger partial charge on any atom is -0.506 e. The number of hydrogen-bond donors (Lipinski definition) is 4. The number of benzene rings is 1. The number of aromatic hydroxyl groups is 1. The Morgan fingerprint density at radius 3 is 2.94 bits per heavy atom. The summed E-state index contributed by atoms with van der Waals surface area (Å²) in [6.07, 6.45) is -0.609. The molecule has 0 spiro atoms. The molecule has 1 aromatic rings. The fourth-order valence-corrected chi connectivity index (χ4v) is 1.82. The van der Waals surface area contributed by atoms with Gasteiger partial charge in [0.05, 0.1) is 6.10 Å². The highest BCUT2D eigenvalue weighted by molar-refractivity contribution is 5.75. The zero-order chi connectivity index (χ0) is 12.6. The number of phenols is 1. The van der Waals surface area contributed by atoms with E-state index in [1.54, 1.807) is 6.07 Å². The zero-order valence-corrected chi connectivity index (χ0v) is 9.25. The van der Waals surface area contributed by atoms with Crippen LogP contribution in [0.3, 0.4) is 0 Å². The van der Waals surface area contributed by atoms with Gasteiger partial charge in [-0.05, 0) is 6.07 Å². The van der Waals surface area contributed by atoms with E-state index in [0.717, 1.165) is 5.69 Å². The maximum absolute atomic E-state index is 9.78. The summed E-state index contributed by atoms with van der Waals surface area (Å²) in [5.74, 6) is -0.503. The van der Waals surface area contributed by atoms with E-state index < -0.39 is 12.1 Å². The third kappa shape index (κ3) is 2.04. The molecule has 0 aliphatic carbocycles. The van der Waals surface area contributed by atoms with Gasteiger partial charge in [0.25, 0.3) is 0 Å². The van der Waals surface area contributed by atoms with Crippen molar-refractivity contribution in [1.82, 2.24) is 0 Å². The van der Waals surface area contributed by atoms with Crippen LogP contribution in [0.25, 0.3) is 0 Å². The van der Waals surface area contributed by atoms with E-state index in [0.29, 0.717) is 12.1 Å². The average molecular weight is 235 g/mol. The lowest BCUT2D eigenvalue weighted by Crippen LogP contribution is -2.14. The van der Waals surface area contributed by atoms with Gasteiger partial charge >= 0.3 is 0 Å². The van der Waals surface area contributed by atoms with Crippen molar-refractivity contribution >= 4 is 17.3 Å². The van der Waals surface area contributed by atoms with Crippen molar-refractivity contribution in [2.45, 2.75) is 6.10 Å². The Bertz CT molecular complexity index is 500. The molecule has 1 heterocycles. The highest BCUT2D eigenvalue weighted by atomic mass is 16.3. The first-order valence-electron chi connectivity index (χ1n) is 5.01. The van der Waals surface area contributed by atoms with E-state index in [9.17, 15) is 10.2 Å². The summed E-state index contributed by atoms with van der Waals surface area (Å²) in [5, 5.41) is 33.4. The minimum absolute atomic E-state index is 0.0605. The molecule has 2 rings (SSSR count). The molecule has 7 nitrogen and oxygen atoms in total. The van der Waals surface area contributed by atoms with E-state index >= 15 is 0 Å². The van der Waals surface area contributed by atoms with Crippen molar-refractivity contribution in [1.29, 1.82) is 5.41 Å². The number of aliphatic hydroxyl groups excluding tert-OH is 1. The van der Waals surface area contributed by atoms with E-state index in [-0.39, 0.29) is 11.4 Å². The van der Waals surface area contributed by atoms with Gasteiger partial charge in [0, 0.05) is 30.9 Å². The Kier molecular flexibility index (Phi) is 2.68. The van der Waals surface area contributed by atoms with Gasteiger partial charge in [0.1, 0.15) is 11.4 Å². The molecule has 1 aromatic carbocycles. The molecule has 0 fully saturated rings. The monoisotopic (exact) mass is 235 g/mol. The van der Waals surface area contributed by atoms with E-state index in [1.807, 2.05) is 11.9 Å². The molecule has 5 N–H and O–H groups in total. The molecule has 0 saturated carbocycles. The van der Waals surface area contributed by atoms with Gasteiger partial charge in [0.15, 0.2) is 0 Å². The Hall–Kier alpha value is -2.15. The lowest BCUT2D eigenvalue weighted by atomic mass is 10.1. The van der Waals surface area contributed by atoms with Crippen LogP contribution in [0.1, 0.15) is 11.7 Å². The molecule has 0 radical (unpaired) electrons. The maximum Gasteiger partial charge on any atom is 0.232 e. The molecule has 1 atom stereocenters. The second-order valence-corrected chi connectivity index (χ2v) is 3.88. The number of β-amino-alcohol motifs (C(OH)–C–C–N with tert-alkyl or cyclic N) is 1. The molecular weight excluding hydrogens is 222 g/mol. The number of aliphatic hydroxyl groups is 1. The maximum atomic E-state index is 9.78. The quantitative estimate of drug-likeness (QED) is 0.328. The predicted molar refractivity (Wildman–Crippen MR) is 62.8 cm³/mol. The number of nitrogens with zero attached hydrogens (tertiary/aromatic N) is 3. The van der Waals surface area contributed by atoms with E-state index in [4.69, 9.17) is 11.1 Å². The van der Waals surface area contributed by atoms with Crippen LogP contribution >= 0.6 is 0 Å². The van der Waals surface area contributed by atoms with Crippen LogP contribution in [-0.2, 0) is 0 Å². The summed E-state index contributed by atoms with van der Waals surface area (Å²) in [4.78, 5) is 1.84. The number of likely N-dealkylation sites (N-methyl/N-ethyl adjacent to an activating group) is 1. The van der Waals surface area contributed by atoms with E-state index in [2.05, 4.69) is 10.2 Å². The second-order valence-electron chi connectivity index (χ2n) is 3.88. The van der Waals surface area contributed by atoms with Gasteiger partial charge in [0.2, 0.25) is 5.96 Å². The number of fused-ring (bicyclic) bond motifs is 1. The molecule has 0 amide bonds. The summed E-state index contributed by atoms with van der Waals surface area (Å²) in [6.45, 7) is 0.474. The molecule has 1 aliphatic heterocycles. The molecule has 7 heteroatoms. The normalized spacial score (nSPS) is 18.7. The molecule has 0 aromatic heterocycles. The fraction of sp³-hybridized carbons (Fsp3) is 0.300. The third-order valence-corrected chi connectivity index (χ3v) is 2.61. The first kappa shape index (κ1) is 11.3.